The Morgan fingerprint density at radius 1 is 1.46 bits per heavy atom. The van der Waals surface area contributed by atoms with Crippen molar-refractivity contribution in [3.8, 4) is 11.8 Å². The molecule has 0 saturated heterocycles. The van der Waals surface area contributed by atoms with Gasteiger partial charge in [0.15, 0.2) is 0 Å². The predicted octanol–water partition coefficient (Wildman–Crippen LogP) is 1.90. The van der Waals surface area contributed by atoms with Gasteiger partial charge in [-0.2, -0.15) is 0 Å². The maximum absolute atomic E-state index is 3.74. The first-order valence-corrected chi connectivity index (χ1v) is 4.23. The number of rotatable bonds is 2. The molecule has 0 spiro atoms. The van der Waals surface area contributed by atoms with Gasteiger partial charge < -0.3 is 5.32 Å². The highest BCUT2D eigenvalue weighted by molar-refractivity contribution is 5.57. The van der Waals surface area contributed by atoms with Crippen LogP contribution in [0.4, 0.5) is 0 Å². The highest BCUT2D eigenvalue weighted by atomic mass is 14.8. The molecule has 0 unspecified atom stereocenters. The lowest BCUT2D eigenvalue weighted by molar-refractivity contribution is 0.938. The van der Waals surface area contributed by atoms with Crippen molar-refractivity contribution >= 4 is 6.08 Å². The molecule has 0 aliphatic rings. The Kier molecular flexibility index (Phi) is 3.81. The van der Waals surface area contributed by atoms with Crippen molar-refractivity contribution in [1.82, 2.24) is 5.32 Å². The number of benzene rings is 1. The van der Waals surface area contributed by atoms with Crippen LogP contribution in [0.1, 0.15) is 11.1 Å². The van der Waals surface area contributed by atoms with Gasteiger partial charge in [-0.05, 0) is 18.7 Å². The van der Waals surface area contributed by atoms with Crippen LogP contribution in [-0.4, -0.2) is 13.6 Å². The Labute approximate surface area is 79.5 Å². The summed E-state index contributed by atoms with van der Waals surface area (Å²) in [6.07, 6.45) is 1.82. The minimum atomic E-state index is 0.714. The lowest BCUT2D eigenvalue weighted by Crippen LogP contribution is -2.04. The molecule has 1 heteroatoms. The fourth-order valence-electron chi connectivity index (χ4n) is 1.02. The van der Waals surface area contributed by atoms with E-state index in [0.29, 0.717) is 6.54 Å². The van der Waals surface area contributed by atoms with E-state index in [0.717, 1.165) is 11.1 Å². The zero-order valence-electron chi connectivity index (χ0n) is 7.80. The van der Waals surface area contributed by atoms with Crippen LogP contribution in [0.3, 0.4) is 0 Å². The largest absolute Gasteiger partial charge is 0.309 e. The monoisotopic (exact) mass is 171 g/mol. The summed E-state index contributed by atoms with van der Waals surface area (Å²) >= 11 is 0. The molecule has 0 amide bonds. The van der Waals surface area contributed by atoms with Gasteiger partial charge in [0.2, 0.25) is 0 Å². The van der Waals surface area contributed by atoms with E-state index >= 15 is 0 Å². The van der Waals surface area contributed by atoms with Crippen molar-refractivity contribution in [2.24, 2.45) is 0 Å². The van der Waals surface area contributed by atoms with Gasteiger partial charge in [0.1, 0.15) is 0 Å². The molecule has 66 valence electrons. The summed E-state index contributed by atoms with van der Waals surface area (Å²) in [6, 6.07) is 7.98. The molecule has 0 saturated carbocycles. The predicted molar refractivity (Wildman–Crippen MR) is 57.3 cm³/mol. The maximum Gasteiger partial charge on any atom is 0.0577 e. The van der Waals surface area contributed by atoms with Gasteiger partial charge in [-0.3, -0.25) is 0 Å². The van der Waals surface area contributed by atoms with Crippen molar-refractivity contribution in [2.75, 3.05) is 13.6 Å². The second-order valence-electron chi connectivity index (χ2n) is 2.62. The van der Waals surface area contributed by atoms with Crippen molar-refractivity contribution in [3.63, 3.8) is 0 Å². The lowest BCUT2D eigenvalue weighted by atomic mass is 10.1. The first-order valence-electron chi connectivity index (χ1n) is 4.23. The van der Waals surface area contributed by atoms with Gasteiger partial charge >= 0.3 is 0 Å². The minimum absolute atomic E-state index is 0.714. The molecule has 1 aromatic rings. The fraction of sp³-hybridized carbons (Fsp3) is 0.167. The fourth-order valence-corrected chi connectivity index (χ4v) is 1.02. The zero-order valence-corrected chi connectivity index (χ0v) is 7.80. The topological polar surface area (TPSA) is 12.0 Å². The van der Waals surface area contributed by atoms with Gasteiger partial charge in [0.25, 0.3) is 0 Å². The Morgan fingerprint density at radius 3 is 2.92 bits per heavy atom. The van der Waals surface area contributed by atoms with E-state index in [1.165, 1.54) is 0 Å². The Morgan fingerprint density at radius 2 is 2.23 bits per heavy atom. The molecule has 0 aliphatic heterocycles. The molecule has 0 bridgehead atoms. The van der Waals surface area contributed by atoms with Crippen LogP contribution in [-0.2, 0) is 0 Å². The minimum Gasteiger partial charge on any atom is -0.309 e. The number of nitrogens with one attached hydrogen (secondary N) is 1. The molecule has 1 N–H and O–H groups in total. The third-order valence-corrected chi connectivity index (χ3v) is 1.67. The van der Waals surface area contributed by atoms with Gasteiger partial charge in [-0.15, -0.1) is 0 Å². The van der Waals surface area contributed by atoms with E-state index in [9.17, 15) is 0 Å². The van der Waals surface area contributed by atoms with Gasteiger partial charge in [-0.25, -0.2) is 0 Å². The van der Waals surface area contributed by atoms with Gasteiger partial charge in [0.05, 0.1) is 6.54 Å². The normalized spacial score (nSPS) is 8.69. The molecule has 0 heterocycles. The highest BCUT2D eigenvalue weighted by Crippen LogP contribution is 2.07. The van der Waals surface area contributed by atoms with Crippen LogP contribution in [0.15, 0.2) is 30.8 Å². The second kappa shape index (κ2) is 5.18. The van der Waals surface area contributed by atoms with Crippen LogP contribution in [0.2, 0.25) is 0 Å². The molecular formula is C12H13N. The number of hydrogen-bond donors (Lipinski definition) is 1. The van der Waals surface area contributed by atoms with E-state index in [4.69, 9.17) is 0 Å². The first kappa shape index (κ1) is 9.57. The summed E-state index contributed by atoms with van der Waals surface area (Å²) in [5, 5.41) is 2.98. The van der Waals surface area contributed by atoms with Crippen molar-refractivity contribution in [3.05, 3.63) is 42.0 Å². The highest BCUT2D eigenvalue weighted by Gasteiger charge is 1.91. The molecule has 1 aromatic carbocycles. The van der Waals surface area contributed by atoms with E-state index in [1.807, 2.05) is 37.4 Å². The summed E-state index contributed by atoms with van der Waals surface area (Å²) < 4.78 is 0. The van der Waals surface area contributed by atoms with Gasteiger partial charge in [0, 0.05) is 5.56 Å². The van der Waals surface area contributed by atoms with Crippen LogP contribution in [0.25, 0.3) is 6.08 Å². The summed E-state index contributed by atoms with van der Waals surface area (Å²) in [6.45, 7) is 4.45. The summed E-state index contributed by atoms with van der Waals surface area (Å²) in [7, 11) is 1.88. The van der Waals surface area contributed by atoms with Crippen LogP contribution in [0.5, 0.6) is 0 Å². The third-order valence-electron chi connectivity index (χ3n) is 1.67. The summed E-state index contributed by atoms with van der Waals surface area (Å²) in [4.78, 5) is 0. The van der Waals surface area contributed by atoms with Crippen LogP contribution in [0, 0.1) is 11.8 Å². The molecule has 0 radical (unpaired) electrons. The van der Waals surface area contributed by atoms with Crippen molar-refractivity contribution in [1.29, 1.82) is 0 Å². The molecule has 1 rings (SSSR count). The molecule has 0 atom stereocenters. The molecule has 0 fully saturated rings. The first-order chi connectivity index (χ1) is 6.38. The van der Waals surface area contributed by atoms with E-state index in [1.54, 1.807) is 0 Å². The van der Waals surface area contributed by atoms with Gasteiger partial charge in [-0.1, -0.05) is 42.7 Å². The third kappa shape index (κ3) is 2.77. The molecular weight excluding hydrogens is 158 g/mol. The van der Waals surface area contributed by atoms with Crippen LogP contribution >= 0.6 is 0 Å². The average Bonchev–Trinajstić information content (AvgIpc) is 2.19. The van der Waals surface area contributed by atoms with Crippen molar-refractivity contribution in [2.45, 2.75) is 0 Å². The van der Waals surface area contributed by atoms with E-state index in [-0.39, 0.29) is 0 Å². The zero-order chi connectivity index (χ0) is 9.52. The SMILES string of the molecule is C=Cc1ccccc1C#CCNC. The molecule has 0 aliphatic carbocycles. The van der Waals surface area contributed by atoms with E-state index in [2.05, 4.69) is 23.7 Å². The van der Waals surface area contributed by atoms with E-state index < -0.39 is 0 Å². The Balaban J connectivity index is 2.88. The maximum atomic E-state index is 3.74. The number of hydrogen-bond acceptors (Lipinski definition) is 1. The Bertz CT molecular complexity index is 342. The average molecular weight is 171 g/mol. The quantitative estimate of drug-likeness (QED) is 0.670. The molecule has 1 nitrogen and oxygen atoms in total. The van der Waals surface area contributed by atoms with Crippen LogP contribution < -0.4 is 5.32 Å². The summed E-state index contributed by atoms with van der Waals surface area (Å²) in [5.74, 6) is 6.10. The Hall–Kier alpha value is -1.52. The van der Waals surface area contributed by atoms with Crippen molar-refractivity contribution < 1.29 is 0 Å². The lowest BCUT2D eigenvalue weighted by Gasteiger charge is -1.95. The molecule has 13 heavy (non-hydrogen) atoms. The summed E-state index contributed by atoms with van der Waals surface area (Å²) in [5.41, 5.74) is 2.12. The smallest absolute Gasteiger partial charge is 0.0577 e. The molecule has 0 aromatic heterocycles. The second-order valence-corrected chi connectivity index (χ2v) is 2.62. The standard InChI is InChI=1S/C12H13N/c1-3-11-7-4-5-8-12(11)9-6-10-13-2/h3-5,7-8,13H,1,10H2,2H3.